The van der Waals surface area contributed by atoms with Crippen LogP contribution in [0.3, 0.4) is 0 Å². The Labute approximate surface area is 190 Å². The zero-order chi connectivity index (χ0) is 22.1. The number of carbonyl (C=O) groups is 1. The Hall–Kier alpha value is -2.71. The summed E-state index contributed by atoms with van der Waals surface area (Å²) in [4.78, 5) is 13.4. The fraction of sp³-hybridized carbons (Fsp3) is 0.318. The third-order valence-corrected chi connectivity index (χ3v) is 6.61. The highest BCUT2D eigenvalue weighted by Crippen LogP contribution is 2.39. The lowest BCUT2D eigenvalue weighted by molar-refractivity contribution is -0.116. The second-order valence-electron chi connectivity index (χ2n) is 7.49. The van der Waals surface area contributed by atoms with Gasteiger partial charge in [-0.2, -0.15) is 0 Å². The summed E-state index contributed by atoms with van der Waals surface area (Å²) >= 11 is 7.77. The quantitative estimate of drug-likeness (QED) is 0.586. The molecule has 2 N–H and O–H groups in total. The number of aryl methyl sites for hydroxylation is 3. The Morgan fingerprint density at radius 3 is 2.61 bits per heavy atom. The Kier molecular flexibility index (Phi) is 6.11. The number of hydrogen-bond donors (Lipinski definition) is 2. The van der Waals surface area contributed by atoms with Gasteiger partial charge in [0.05, 0.1) is 18.2 Å². The number of rotatable bonds is 5. The van der Waals surface area contributed by atoms with Crippen molar-refractivity contribution in [3.8, 4) is 5.75 Å². The molecular weight excluding hydrogens is 434 g/mol. The molecule has 1 amide bonds. The van der Waals surface area contributed by atoms with Gasteiger partial charge in [-0.1, -0.05) is 42.4 Å². The third-order valence-electron chi connectivity index (χ3n) is 5.10. The normalized spacial score (nSPS) is 17.6. The molecule has 2 aromatic carbocycles. The Morgan fingerprint density at radius 1 is 1.23 bits per heavy atom. The van der Waals surface area contributed by atoms with Gasteiger partial charge in [-0.05, 0) is 54.8 Å². The van der Waals surface area contributed by atoms with Gasteiger partial charge in [0.15, 0.2) is 5.82 Å². The highest BCUT2D eigenvalue weighted by Gasteiger charge is 2.38. The lowest BCUT2D eigenvalue weighted by Crippen LogP contribution is -2.41. The third kappa shape index (κ3) is 4.36. The van der Waals surface area contributed by atoms with Gasteiger partial charge in [0.2, 0.25) is 11.1 Å². The molecule has 162 valence electrons. The van der Waals surface area contributed by atoms with E-state index in [0.29, 0.717) is 15.9 Å². The molecule has 0 fully saturated rings. The number of hydrogen-bond acceptors (Lipinski definition) is 6. The van der Waals surface area contributed by atoms with Crippen LogP contribution in [0.5, 0.6) is 5.75 Å². The van der Waals surface area contributed by atoms with Crippen molar-refractivity contribution in [2.45, 2.75) is 43.6 Å². The van der Waals surface area contributed by atoms with Gasteiger partial charge in [0, 0.05) is 12.1 Å². The molecule has 31 heavy (non-hydrogen) atoms. The maximum absolute atomic E-state index is 13.4. The number of carbonyl (C=O) groups excluding carboxylic acids is 1. The maximum Gasteiger partial charge on any atom is 0.240 e. The van der Waals surface area contributed by atoms with Crippen molar-refractivity contribution < 1.29 is 9.53 Å². The second-order valence-corrected chi connectivity index (χ2v) is 9.01. The number of nitrogens with one attached hydrogen (secondary N) is 2. The molecule has 0 radical (unpaired) electrons. The van der Waals surface area contributed by atoms with Crippen molar-refractivity contribution in [3.05, 3.63) is 63.9 Å². The summed E-state index contributed by atoms with van der Waals surface area (Å²) in [7, 11) is 1.58. The minimum absolute atomic E-state index is 0.119. The van der Waals surface area contributed by atoms with E-state index in [1.807, 2.05) is 55.8 Å². The average Bonchev–Trinajstić information content (AvgIpc) is 3.14. The highest BCUT2D eigenvalue weighted by molar-refractivity contribution is 8.00. The lowest BCUT2D eigenvalue weighted by Gasteiger charge is -2.33. The molecular formula is C22H24ClN5O2S. The summed E-state index contributed by atoms with van der Waals surface area (Å²) in [6.45, 7) is 6.04. The molecule has 3 aromatic rings. The highest BCUT2D eigenvalue weighted by atomic mass is 35.5. The molecule has 4 rings (SSSR count). The number of aromatic nitrogens is 3. The van der Waals surface area contributed by atoms with Crippen molar-refractivity contribution in [2.75, 3.05) is 17.9 Å². The molecule has 0 saturated carbocycles. The van der Waals surface area contributed by atoms with Crippen molar-refractivity contribution in [1.29, 1.82) is 0 Å². The van der Waals surface area contributed by atoms with Crippen LogP contribution in [0.4, 0.5) is 5.69 Å². The van der Waals surface area contributed by atoms with E-state index in [1.165, 1.54) is 11.8 Å². The van der Waals surface area contributed by atoms with Gasteiger partial charge in [0.1, 0.15) is 11.0 Å². The van der Waals surface area contributed by atoms with Crippen LogP contribution in [0.15, 0.2) is 41.6 Å². The zero-order valence-corrected chi connectivity index (χ0v) is 19.3. The first-order valence-electron chi connectivity index (χ1n) is 9.99. The summed E-state index contributed by atoms with van der Waals surface area (Å²) < 4.78 is 7.14. The predicted molar refractivity (Wildman–Crippen MR) is 124 cm³/mol. The number of ether oxygens (including phenoxy) is 1. The second kappa shape index (κ2) is 8.80. The van der Waals surface area contributed by atoms with Gasteiger partial charge in [0.25, 0.3) is 0 Å². The number of methoxy groups -OCH3 is 1. The predicted octanol–water partition coefficient (Wildman–Crippen LogP) is 4.52. The monoisotopic (exact) mass is 457 g/mol. The number of benzene rings is 2. The minimum atomic E-state index is -0.480. The first-order chi connectivity index (χ1) is 14.9. The van der Waals surface area contributed by atoms with E-state index in [0.717, 1.165) is 34.6 Å². The summed E-state index contributed by atoms with van der Waals surface area (Å²) in [6.07, 6.45) is 0.718. The van der Waals surface area contributed by atoms with Crippen LogP contribution in [0.25, 0.3) is 0 Å². The first kappa shape index (κ1) is 21.5. The van der Waals surface area contributed by atoms with E-state index < -0.39 is 5.25 Å². The standard InChI is InChI=1S/C22H24ClN5O2S/c1-5-18-25-26-22-28(18)27-19(14-6-7-17(30-4)16(23)11-14)20(31-22)21(29)24-15-9-12(2)8-13(3)10-15/h6-11,19-20,27H,5H2,1-4H3,(H,24,29)/t19-,20+/m0/s1. The van der Waals surface area contributed by atoms with Crippen molar-refractivity contribution >= 4 is 35.0 Å². The fourth-order valence-corrected chi connectivity index (χ4v) is 5.08. The molecule has 2 atom stereocenters. The molecule has 0 bridgehead atoms. The summed E-state index contributed by atoms with van der Waals surface area (Å²) in [5.74, 6) is 1.27. The van der Waals surface area contributed by atoms with E-state index >= 15 is 0 Å². The molecule has 1 aromatic heterocycles. The van der Waals surface area contributed by atoms with Crippen LogP contribution in [0.1, 0.15) is 35.5 Å². The van der Waals surface area contributed by atoms with Gasteiger partial charge in [-0.25, -0.2) is 4.68 Å². The molecule has 0 aliphatic carbocycles. The molecule has 0 spiro atoms. The van der Waals surface area contributed by atoms with Gasteiger partial charge in [-0.15, -0.1) is 10.2 Å². The largest absolute Gasteiger partial charge is 0.495 e. The lowest BCUT2D eigenvalue weighted by atomic mass is 10.0. The summed E-state index contributed by atoms with van der Waals surface area (Å²) in [5.41, 5.74) is 7.26. The van der Waals surface area contributed by atoms with E-state index in [2.05, 4.69) is 27.0 Å². The van der Waals surface area contributed by atoms with Crippen LogP contribution < -0.4 is 15.5 Å². The number of nitrogens with zero attached hydrogens (tertiary/aromatic N) is 3. The molecule has 9 heteroatoms. The van der Waals surface area contributed by atoms with Crippen LogP contribution in [0.2, 0.25) is 5.02 Å². The van der Waals surface area contributed by atoms with Crippen LogP contribution in [-0.4, -0.2) is 33.1 Å². The van der Waals surface area contributed by atoms with Gasteiger partial charge in [-0.3, -0.25) is 4.79 Å². The topological polar surface area (TPSA) is 81.1 Å². The van der Waals surface area contributed by atoms with E-state index in [1.54, 1.807) is 7.11 Å². The van der Waals surface area contributed by atoms with E-state index in [4.69, 9.17) is 16.3 Å². The van der Waals surface area contributed by atoms with Crippen molar-refractivity contribution in [1.82, 2.24) is 14.9 Å². The SMILES string of the molecule is CCc1nnc2n1N[C@@H](c1ccc(OC)c(Cl)c1)[C@H](C(=O)Nc1cc(C)cc(C)c1)S2. The molecule has 7 nitrogen and oxygen atoms in total. The van der Waals surface area contributed by atoms with E-state index in [9.17, 15) is 4.79 Å². The Morgan fingerprint density at radius 2 is 1.97 bits per heavy atom. The smallest absolute Gasteiger partial charge is 0.240 e. The van der Waals surface area contributed by atoms with Crippen molar-refractivity contribution in [3.63, 3.8) is 0 Å². The number of amides is 1. The van der Waals surface area contributed by atoms with Crippen LogP contribution in [-0.2, 0) is 11.2 Å². The molecule has 2 heterocycles. The number of anilines is 1. The summed E-state index contributed by atoms with van der Waals surface area (Å²) in [6, 6.07) is 11.2. The number of halogens is 1. The zero-order valence-electron chi connectivity index (χ0n) is 17.8. The molecule has 0 saturated heterocycles. The summed E-state index contributed by atoms with van der Waals surface area (Å²) in [5, 5.41) is 12.2. The molecule has 1 aliphatic rings. The molecule has 0 unspecified atom stereocenters. The maximum atomic E-state index is 13.4. The Bertz CT molecular complexity index is 1110. The van der Waals surface area contributed by atoms with Crippen LogP contribution in [0, 0.1) is 13.8 Å². The Balaban J connectivity index is 1.70. The fourth-order valence-electron chi connectivity index (χ4n) is 3.71. The van der Waals surface area contributed by atoms with Crippen molar-refractivity contribution in [2.24, 2.45) is 0 Å². The average molecular weight is 458 g/mol. The van der Waals surface area contributed by atoms with Gasteiger partial charge >= 0.3 is 0 Å². The van der Waals surface area contributed by atoms with Crippen LogP contribution >= 0.6 is 23.4 Å². The van der Waals surface area contributed by atoms with E-state index in [-0.39, 0.29) is 11.9 Å². The number of thioether (sulfide) groups is 1. The number of fused-ring (bicyclic) bond motifs is 1. The van der Waals surface area contributed by atoms with Gasteiger partial charge < -0.3 is 15.5 Å². The first-order valence-corrected chi connectivity index (χ1v) is 11.3. The molecule has 1 aliphatic heterocycles. The minimum Gasteiger partial charge on any atom is -0.495 e.